The lowest BCUT2D eigenvalue weighted by Gasteiger charge is -2.19. The zero-order valence-corrected chi connectivity index (χ0v) is 14.7. The van der Waals surface area contributed by atoms with Crippen LogP contribution in [0.1, 0.15) is 21.5 Å². The van der Waals surface area contributed by atoms with Crippen molar-refractivity contribution in [3.8, 4) is 0 Å². The van der Waals surface area contributed by atoms with E-state index in [0.29, 0.717) is 12.2 Å². The van der Waals surface area contributed by atoms with Gasteiger partial charge in [0.2, 0.25) is 0 Å². The Kier molecular flexibility index (Phi) is 6.57. The molecule has 3 nitrogen and oxygen atoms in total. The van der Waals surface area contributed by atoms with Gasteiger partial charge in [0, 0.05) is 12.6 Å². The zero-order chi connectivity index (χ0) is 18.0. The first kappa shape index (κ1) is 17.9. The highest BCUT2D eigenvalue weighted by molar-refractivity contribution is 5.89. The first-order valence-electron chi connectivity index (χ1n) is 8.84. The zero-order valence-electron chi connectivity index (χ0n) is 14.7. The third-order valence-electron chi connectivity index (χ3n) is 4.19. The van der Waals surface area contributed by atoms with Crippen LogP contribution in [0.3, 0.4) is 0 Å². The summed E-state index contributed by atoms with van der Waals surface area (Å²) in [5.74, 6) is -0.287. The number of esters is 1. The van der Waals surface area contributed by atoms with Gasteiger partial charge in [0.15, 0.2) is 0 Å². The molecule has 0 saturated heterocycles. The molecule has 0 aliphatic heterocycles. The van der Waals surface area contributed by atoms with Gasteiger partial charge >= 0.3 is 5.97 Å². The molecule has 0 saturated carbocycles. The van der Waals surface area contributed by atoms with E-state index in [0.717, 1.165) is 13.0 Å². The summed E-state index contributed by atoms with van der Waals surface area (Å²) in [6.45, 7) is 1.07. The monoisotopic (exact) mass is 345 g/mol. The van der Waals surface area contributed by atoms with Crippen LogP contribution >= 0.6 is 0 Å². The fourth-order valence-electron chi connectivity index (χ4n) is 2.78. The Morgan fingerprint density at radius 1 is 0.769 bits per heavy atom. The van der Waals surface area contributed by atoms with Crippen molar-refractivity contribution in [2.75, 3.05) is 6.61 Å². The second-order valence-corrected chi connectivity index (χ2v) is 6.22. The van der Waals surface area contributed by atoms with Crippen molar-refractivity contribution in [1.29, 1.82) is 0 Å². The molecule has 132 valence electrons. The number of hydrogen-bond acceptors (Lipinski definition) is 3. The number of rotatable bonds is 8. The lowest BCUT2D eigenvalue weighted by atomic mass is 10.1. The molecule has 0 spiro atoms. The van der Waals surface area contributed by atoms with Crippen molar-refractivity contribution in [3.63, 3.8) is 0 Å². The van der Waals surface area contributed by atoms with Gasteiger partial charge in [-0.05, 0) is 29.7 Å². The molecule has 0 amide bonds. The highest BCUT2D eigenvalue weighted by atomic mass is 16.5. The average Bonchev–Trinajstić information content (AvgIpc) is 2.72. The molecule has 1 N–H and O–H groups in total. The summed E-state index contributed by atoms with van der Waals surface area (Å²) >= 11 is 0. The second kappa shape index (κ2) is 9.54. The summed E-state index contributed by atoms with van der Waals surface area (Å²) in [5.41, 5.74) is 3.00. The predicted octanol–water partition coefficient (Wildman–Crippen LogP) is 4.24. The minimum atomic E-state index is -0.287. The van der Waals surface area contributed by atoms with Crippen LogP contribution in [0.5, 0.6) is 0 Å². The Morgan fingerprint density at radius 2 is 1.31 bits per heavy atom. The summed E-state index contributed by atoms with van der Waals surface area (Å²) in [4.78, 5) is 12.2. The smallest absolute Gasteiger partial charge is 0.338 e. The van der Waals surface area contributed by atoms with Crippen LogP contribution in [-0.2, 0) is 17.7 Å². The van der Waals surface area contributed by atoms with Gasteiger partial charge in [0.1, 0.15) is 6.61 Å². The maximum absolute atomic E-state index is 12.2. The van der Waals surface area contributed by atoms with E-state index in [1.165, 1.54) is 11.1 Å². The topological polar surface area (TPSA) is 38.3 Å². The van der Waals surface area contributed by atoms with Crippen LogP contribution < -0.4 is 5.32 Å². The van der Waals surface area contributed by atoms with Crippen molar-refractivity contribution in [2.45, 2.75) is 19.0 Å². The van der Waals surface area contributed by atoms with Crippen molar-refractivity contribution in [2.24, 2.45) is 0 Å². The lowest BCUT2D eigenvalue weighted by molar-refractivity contribution is 0.0463. The molecule has 3 rings (SSSR count). The van der Waals surface area contributed by atoms with Gasteiger partial charge in [0.05, 0.1) is 5.56 Å². The number of benzene rings is 3. The first-order chi connectivity index (χ1) is 12.8. The van der Waals surface area contributed by atoms with E-state index < -0.39 is 0 Å². The summed E-state index contributed by atoms with van der Waals surface area (Å²) in [5, 5.41) is 3.51. The highest BCUT2D eigenvalue weighted by Crippen LogP contribution is 2.07. The molecule has 3 aromatic carbocycles. The van der Waals surface area contributed by atoms with E-state index >= 15 is 0 Å². The molecule has 26 heavy (non-hydrogen) atoms. The van der Waals surface area contributed by atoms with E-state index in [-0.39, 0.29) is 12.0 Å². The number of ether oxygens (including phenoxy) is 1. The second-order valence-electron chi connectivity index (χ2n) is 6.22. The maximum atomic E-state index is 12.2. The van der Waals surface area contributed by atoms with Crippen molar-refractivity contribution >= 4 is 5.97 Å². The Bertz CT molecular complexity index is 788. The molecule has 1 atom stereocenters. The van der Waals surface area contributed by atoms with Crippen molar-refractivity contribution in [1.82, 2.24) is 5.32 Å². The molecular weight excluding hydrogens is 322 g/mol. The Balaban J connectivity index is 1.61. The molecule has 0 bridgehead atoms. The van der Waals surface area contributed by atoms with Crippen LogP contribution in [-0.4, -0.2) is 18.6 Å². The Labute approximate surface area is 154 Å². The summed E-state index contributed by atoms with van der Waals surface area (Å²) in [7, 11) is 0. The third-order valence-corrected chi connectivity index (χ3v) is 4.19. The van der Waals surface area contributed by atoms with Gasteiger partial charge in [-0.15, -0.1) is 0 Å². The van der Waals surface area contributed by atoms with Crippen LogP contribution in [0.15, 0.2) is 91.0 Å². The van der Waals surface area contributed by atoms with Crippen LogP contribution in [0, 0.1) is 0 Å². The molecule has 0 unspecified atom stereocenters. The molecule has 3 heteroatoms. The average molecular weight is 345 g/mol. The van der Waals surface area contributed by atoms with Gasteiger partial charge in [0.25, 0.3) is 0 Å². The largest absolute Gasteiger partial charge is 0.460 e. The summed E-state index contributed by atoms with van der Waals surface area (Å²) in [6, 6.07) is 29.6. The van der Waals surface area contributed by atoms with Crippen LogP contribution in [0.2, 0.25) is 0 Å². The number of carbonyl (C=O) groups is 1. The van der Waals surface area contributed by atoms with Gasteiger partial charge < -0.3 is 10.1 Å². The minimum absolute atomic E-state index is 0.0465. The Hall–Kier alpha value is -2.91. The molecular formula is C23H23NO2. The quantitative estimate of drug-likeness (QED) is 0.621. The van der Waals surface area contributed by atoms with Crippen LogP contribution in [0.4, 0.5) is 0 Å². The molecule has 0 fully saturated rings. The van der Waals surface area contributed by atoms with Gasteiger partial charge in [-0.1, -0.05) is 78.9 Å². The normalized spacial score (nSPS) is 11.7. The minimum Gasteiger partial charge on any atom is -0.460 e. The SMILES string of the molecule is O=C(OC[C@H](Cc1ccccc1)NCc1ccccc1)c1ccccc1. The van der Waals surface area contributed by atoms with Gasteiger partial charge in [-0.3, -0.25) is 0 Å². The van der Waals surface area contributed by atoms with E-state index in [2.05, 4.69) is 29.6 Å². The first-order valence-corrected chi connectivity index (χ1v) is 8.84. The maximum Gasteiger partial charge on any atom is 0.338 e. The van der Waals surface area contributed by atoms with Crippen LogP contribution in [0.25, 0.3) is 0 Å². The molecule has 0 heterocycles. The van der Waals surface area contributed by atoms with Crippen molar-refractivity contribution in [3.05, 3.63) is 108 Å². The van der Waals surface area contributed by atoms with E-state index in [1.807, 2.05) is 54.6 Å². The third kappa shape index (κ3) is 5.57. The van der Waals surface area contributed by atoms with Gasteiger partial charge in [-0.2, -0.15) is 0 Å². The van der Waals surface area contributed by atoms with E-state index in [1.54, 1.807) is 12.1 Å². The molecule has 0 aromatic heterocycles. The number of hydrogen-bond donors (Lipinski definition) is 1. The van der Waals surface area contributed by atoms with E-state index in [4.69, 9.17) is 4.74 Å². The Morgan fingerprint density at radius 3 is 1.92 bits per heavy atom. The molecule has 0 aliphatic rings. The lowest BCUT2D eigenvalue weighted by Crippen LogP contribution is -2.36. The summed E-state index contributed by atoms with van der Waals surface area (Å²) in [6.07, 6.45) is 0.801. The number of carbonyl (C=O) groups excluding carboxylic acids is 1. The summed E-state index contributed by atoms with van der Waals surface area (Å²) < 4.78 is 5.55. The number of nitrogens with one attached hydrogen (secondary N) is 1. The van der Waals surface area contributed by atoms with E-state index in [9.17, 15) is 4.79 Å². The highest BCUT2D eigenvalue weighted by Gasteiger charge is 2.14. The standard InChI is InChI=1S/C23H23NO2/c25-23(21-14-8-3-9-15-21)26-18-22(16-19-10-4-1-5-11-19)24-17-20-12-6-2-7-13-20/h1-15,22,24H,16-18H2/t22-/m0/s1. The molecule has 0 aliphatic carbocycles. The predicted molar refractivity (Wildman–Crippen MR) is 104 cm³/mol. The fraction of sp³-hybridized carbons (Fsp3) is 0.174. The fourth-order valence-corrected chi connectivity index (χ4v) is 2.78. The van der Waals surface area contributed by atoms with Gasteiger partial charge in [-0.25, -0.2) is 4.79 Å². The molecule has 0 radical (unpaired) electrons. The van der Waals surface area contributed by atoms with Crippen molar-refractivity contribution < 1.29 is 9.53 Å². The molecule has 3 aromatic rings.